The Bertz CT molecular complexity index is 791. The average Bonchev–Trinajstić information content (AvgIpc) is 3.09. The first kappa shape index (κ1) is 18.5. The van der Waals surface area contributed by atoms with Crippen LogP contribution in [0, 0.1) is 0 Å². The molecule has 0 aliphatic carbocycles. The van der Waals surface area contributed by atoms with Gasteiger partial charge in [0.05, 0.1) is 12.3 Å². The maximum Gasteiger partial charge on any atom is 0.573 e. The number of alkyl halides is 3. The Labute approximate surface area is 155 Å². The van der Waals surface area contributed by atoms with Gasteiger partial charge in [0.15, 0.2) is 0 Å². The standard InChI is InChI=1S/C17H14BrF3N2O3/c18-14-9-11(1-6-15(14)23-7-8-25-10-23)16(24)22-12-2-4-13(5-3-12)26-17(19,20)21/h1-6,9H,7-8,10H2,(H,22,24). The molecule has 1 aliphatic heterocycles. The summed E-state index contributed by atoms with van der Waals surface area (Å²) in [7, 11) is 0. The third-order valence-electron chi connectivity index (χ3n) is 3.65. The van der Waals surface area contributed by atoms with Crippen molar-refractivity contribution in [3.63, 3.8) is 0 Å². The second kappa shape index (κ2) is 7.55. The summed E-state index contributed by atoms with van der Waals surface area (Å²) in [6.07, 6.45) is -4.75. The lowest BCUT2D eigenvalue weighted by atomic mass is 10.1. The lowest BCUT2D eigenvalue weighted by molar-refractivity contribution is -0.274. The van der Waals surface area contributed by atoms with E-state index in [9.17, 15) is 18.0 Å². The molecule has 0 spiro atoms. The fourth-order valence-electron chi connectivity index (χ4n) is 2.45. The summed E-state index contributed by atoms with van der Waals surface area (Å²) < 4.78 is 46.3. The monoisotopic (exact) mass is 430 g/mol. The van der Waals surface area contributed by atoms with E-state index in [1.807, 2.05) is 11.0 Å². The van der Waals surface area contributed by atoms with Gasteiger partial charge in [0.2, 0.25) is 0 Å². The molecule has 1 amide bonds. The third kappa shape index (κ3) is 4.67. The molecule has 1 saturated heterocycles. The maximum atomic E-state index is 12.3. The van der Waals surface area contributed by atoms with Gasteiger partial charge in [0, 0.05) is 22.3 Å². The molecule has 138 valence electrons. The summed E-state index contributed by atoms with van der Waals surface area (Å²) in [5.74, 6) is -0.727. The zero-order valence-corrected chi connectivity index (χ0v) is 14.9. The summed E-state index contributed by atoms with van der Waals surface area (Å²) in [5, 5.41) is 2.63. The minimum Gasteiger partial charge on any atom is -0.406 e. The van der Waals surface area contributed by atoms with Gasteiger partial charge >= 0.3 is 6.36 Å². The fourth-order valence-corrected chi connectivity index (χ4v) is 3.08. The fraction of sp³-hybridized carbons (Fsp3) is 0.235. The highest BCUT2D eigenvalue weighted by Gasteiger charge is 2.31. The van der Waals surface area contributed by atoms with Crippen LogP contribution in [0.25, 0.3) is 0 Å². The molecule has 0 radical (unpaired) electrons. The molecule has 0 atom stereocenters. The van der Waals surface area contributed by atoms with E-state index in [0.29, 0.717) is 24.6 Å². The van der Waals surface area contributed by atoms with Gasteiger partial charge in [-0.25, -0.2) is 0 Å². The average molecular weight is 431 g/mol. The molecule has 1 heterocycles. The zero-order valence-electron chi connectivity index (χ0n) is 13.3. The molecule has 26 heavy (non-hydrogen) atoms. The van der Waals surface area contributed by atoms with Crippen molar-refractivity contribution in [3.8, 4) is 5.75 Å². The van der Waals surface area contributed by atoms with Crippen LogP contribution < -0.4 is 15.0 Å². The first-order chi connectivity index (χ1) is 12.3. The zero-order chi connectivity index (χ0) is 18.7. The van der Waals surface area contributed by atoms with E-state index in [1.54, 1.807) is 12.1 Å². The Morgan fingerprint density at radius 3 is 2.50 bits per heavy atom. The van der Waals surface area contributed by atoms with Gasteiger partial charge in [0.25, 0.3) is 5.91 Å². The lowest BCUT2D eigenvalue weighted by Gasteiger charge is -2.18. The van der Waals surface area contributed by atoms with E-state index in [1.165, 1.54) is 12.1 Å². The molecular formula is C17H14BrF3N2O3. The molecule has 9 heteroatoms. The molecule has 2 aromatic rings. The van der Waals surface area contributed by atoms with Crippen molar-refractivity contribution in [2.24, 2.45) is 0 Å². The first-order valence-corrected chi connectivity index (χ1v) is 8.40. The van der Waals surface area contributed by atoms with Crippen LogP contribution in [0.5, 0.6) is 5.75 Å². The molecule has 2 aromatic carbocycles. The van der Waals surface area contributed by atoms with Gasteiger partial charge < -0.3 is 19.7 Å². The molecule has 3 rings (SSSR count). The third-order valence-corrected chi connectivity index (χ3v) is 4.28. The van der Waals surface area contributed by atoms with Gasteiger partial charge in [-0.05, 0) is 58.4 Å². The number of amides is 1. The van der Waals surface area contributed by atoms with E-state index in [2.05, 4.69) is 26.0 Å². The molecule has 5 nitrogen and oxygen atoms in total. The quantitative estimate of drug-likeness (QED) is 0.781. The lowest BCUT2D eigenvalue weighted by Crippen LogP contribution is -2.19. The van der Waals surface area contributed by atoms with Crippen LogP contribution in [0.15, 0.2) is 46.9 Å². The predicted octanol–water partition coefficient (Wildman–Crippen LogP) is 4.39. The number of benzene rings is 2. The van der Waals surface area contributed by atoms with E-state index < -0.39 is 6.36 Å². The van der Waals surface area contributed by atoms with Crippen molar-refractivity contribution in [1.29, 1.82) is 0 Å². The summed E-state index contributed by atoms with van der Waals surface area (Å²) in [6, 6.07) is 10.1. The predicted molar refractivity (Wildman–Crippen MR) is 93.4 cm³/mol. The molecular weight excluding hydrogens is 417 g/mol. The van der Waals surface area contributed by atoms with Crippen LogP contribution in [0.3, 0.4) is 0 Å². The molecule has 1 fully saturated rings. The van der Waals surface area contributed by atoms with Crippen molar-refractivity contribution in [3.05, 3.63) is 52.5 Å². The highest BCUT2D eigenvalue weighted by Crippen LogP contribution is 2.29. The topological polar surface area (TPSA) is 50.8 Å². The van der Waals surface area contributed by atoms with Crippen LogP contribution in [-0.2, 0) is 4.74 Å². The summed E-state index contributed by atoms with van der Waals surface area (Å²) in [4.78, 5) is 14.4. The number of anilines is 2. The minimum absolute atomic E-state index is 0.351. The molecule has 1 N–H and O–H groups in total. The number of hydrogen-bond acceptors (Lipinski definition) is 4. The summed E-state index contributed by atoms with van der Waals surface area (Å²) in [6.45, 7) is 1.93. The summed E-state index contributed by atoms with van der Waals surface area (Å²) >= 11 is 3.45. The maximum absolute atomic E-state index is 12.3. The number of nitrogens with one attached hydrogen (secondary N) is 1. The Morgan fingerprint density at radius 1 is 1.19 bits per heavy atom. The number of rotatable bonds is 4. The van der Waals surface area contributed by atoms with Gasteiger partial charge in [0.1, 0.15) is 12.5 Å². The Balaban J connectivity index is 1.67. The van der Waals surface area contributed by atoms with Gasteiger partial charge in [-0.1, -0.05) is 0 Å². The van der Waals surface area contributed by atoms with Crippen LogP contribution >= 0.6 is 15.9 Å². The minimum atomic E-state index is -4.75. The number of nitrogens with zero attached hydrogens (tertiary/aromatic N) is 1. The van der Waals surface area contributed by atoms with Gasteiger partial charge in [-0.2, -0.15) is 0 Å². The smallest absolute Gasteiger partial charge is 0.406 e. The first-order valence-electron chi connectivity index (χ1n) is 7.61. The molecule has 0 unspecified atom stereocenters. The summed E-state index contributed by atoms with van der Waals surface area (Å²) in [5.41, 5.74) is 1.70. The SMILES string of the molecule is O=C(Nc1ccc(OC(F)(F)F)cc1)c1ccc(N2CCOC2)c(Br)c1. The molecule has 1 aliphatic rings. The van der Waals surface area contributed by atoms with Crippen molar-refractivity contribution >= 4 is 33.2 Å². The molecule has 0 bridgehead atoms. The highest BCUT2D eigenvalue weighted by atomic mass is 79.9. The van der Waals surface area contributed by atoms with Crippen molar-refractivity contribution in [2.75, 3.05) is 30.1 Å². The normalized spacial score (nSPS) is 14.4. The Morgan fingerprint density at radius 2 is 1.92 bits per heavy atom. The van der Waals surface area contributed by atoms with E-state index >= 15 is 0 Å². The van der Waals surface area contributed by atoms with Crippen molar-refractivity contribution < 1.29 is 27.4 Å². The molecule has 0 saturated carbocycles. The van der Waals surface area contributed by atoms with Crippen molar-refractivity contribution in [1.82, 2.24) is 0 Å². The number of carbonyl (C=O) groups excluding carboxylic acids is 1. The number of carbonyl (C=O) groups is 1. The van der Waals surface area contributed by atoms with Crippen LogP contribution in [-0.4, -0.2) is 32.2 Å². The van der Waals surface area contributed by atoms with Crippen LogP contribution in [0.2, 0.25) is 0 Å². The van der Waals surface area contributed by atoms with Crippen LogP contribution in [0.1, 0.15) is 10.4 Å². The number of halogens is 4. The molecule has 0 aromatic heterocycles. The second-order valence-corrected chi connectivity index (χ2v) is 6.35. The van der Waals surface area contributed by atoms with Crippen molar-refractivity contribution in [2.45, 2.75) is 6.36 Å². The number of ether oxygens (including phenoxy) is 2. The van der Waals surface area contributed by atoms with Crippen LogP contribution in [0.4, 0.5) is 24.5 Å². The van der Waals surface area contributed by atoms with Gasteiger partial charge in [-0.3, -0.25) is 4.79 Å². The van der Waals surface area contributed by atoms with E-state index in [0.717, 1.165) is 28.8 Å². The highest BCUT2D eigenvalue weighted by molar-refractivity contribution is 9.10. The Hall–Kier alpha value is -2.26. The number of hydrogen-bond donors (Lipinski definition) is 1. The van der Waals surface area contributed by atoms with E-state index in [4.69, 9.17) is 4.74 Å². The Kier molecular flexibility index (Phi) is 5.38. The largest absolute Gasteiger partial charge is 0.573 e. The second-order valence-electron chi connectivity index (χ2n) is 5.49. The van der Waals surface area contributed by atoms with E-state index in [-0.39, 0.29) is 11.7 Å². The van der Waals surface area contributed by atoms with Gasteiger partial charge in [-0.15, -0.1) is 13.2 Å².